The van der Waals surface area contributed by atoms with Crippen LogP contribution < -0.4 is 29.7 Å². The fourth-order valence-corrected chi connectivity index (χ4v) is 3.91. The summed E-state index contributed by atoms with van der Waals surface area (Å²) in [4.78, 5) is 49.3. The average molecular weight is 596 g/mol. The van der Waals surface area contributed by atoms with Gasteiger partial charge in [-0.2, -0.15) is 5.10 Å². The molecule has 0 heterocycles. The van der Waals surface area contributed by atoms with E-state index in [-0.39, 0.29) is 28.4 Å². The van der Waals surface area contributed by atoms with Crippen LogP contribution >= 0.6 is 0 Å². The maximum atomic E-state index is 12.8. The predicted molar refractivity (Wildman–Crippen MR) is 163 cm³/mol. The third-order valence-electron chi connectivity index (χ3n) is 5.92. The van der Waals surface area contributed by atoms with Crippen LogP contribution in [0.2, 0.25) is 0 Å². The monoisotopic (exact) mass is 595 g/mol. The van der Waals surface area contributed by atoms with E-state index in [4.69, 9.17) is 18.9 Å². The summed E-state index contributed by atoms with van der Waals surface area (Å²) >= 11 is 0. The number of benzene rings is 4. The minimum absolute atomic E-state index is 0.187. The van der Waals surface area contributed by atoms with Gasteiger partial charge >= 0.3 is 11.9 Å². The highest BCUT2D eigenvalue weighted by Gasteiger charge is 2.15. The Balaban J connectivity index is 1.39. The fraction of sp³-hybridized carbons (Fsp3) is 0.121. The first-order valence-corrected chi connectivity index (χ1v) is 13.4. The smallest absolute Gasteiger partial charge is 0.343 e. The highest BCUT2D eigenvalue weighted by atomic mass is 16.6. The maximum Gasteiger partial charge on any atom is 0.343 e. The molecule has 4 aromatic carbocycles. The molecule has 11 nitrogen and oxygen atoms in total. The lowest BCUT2D eigenvalue weighted by molar-refractivity contribution is -0.132. The van der Waals surface area contributed by atoms with E-state index in [1.165, 1.54) is 44.5 Å². The van der Waals surface area contributed by atoms with Crippen molar-refractivity contribution in [3.63, 3.8) is 0 Å². The van der Waals surface area contributed by atoms with Crippen molar-refractivity contribution in [1.82, 2.24) is 5.43 Å². The molecule has 0 fully saturated rings. The molecule has 0 radical (unpaired) electrons. The molecule has 2 amide bonds. The Hall–Kier alpha value is -5.97. The van der Waals surface area contributed by atoms with Gasteiger partial charge in [-0.15, -0.1) is 0 Å². The highest BCUT2D eigenvalue weighted by molar-refractivity contribution is 6.05. The van der Waals surface area contributed by atoms with Crippen LogP contribution in [0.1, 0.15) is 50.5 Å². The van der Waals surface area contributed by atoms with Gasteiger partial charge in [0.15, 0.2) is 23.0 Å². The van der Waals surface area contributed by atoms with E-state index in [9.17, 15) is 19.2 Å². The van der Waals surface area contributed by atoms with Gasteiger partial charge in [0, 0.05) is 23.7 Å². The number of hydrazone groups is 1. The number of carbonyl (C=O) groups is 4. The van der Waals surface area contributed by atoms with Crippen LogP contribution in [0.4, 0.5) is 5.69 Å². The molecule has 0 aromatic heterocycles. The molecule has 44 heavy (non-hydrogen) atoms. The molecule has 4 aromatic rings. The van der Waals surface area contributed by atoms with Crippen LogP contribution in [0.25, 0.3) is 0 Å². The van der Waals surface area contributed by atoms with Gasteiger partial charge in [-0.1, -0.05) is 24.3 Å². The first-order valence-electron chi connectivity index (χ1n) is 13.4. The van der Waals surface area contributed by atoms with Crippen LogP contribution in [-0.4, -0.2) is 43.7 Å². The number of anilines is 1. The number of nitrogens with one attached hydrogen (secondary N) is 2. The van der Waals surface area contributed by atoms with E-state index in [2.05, 4.69) is 15.8 Å². The molecule has 2 N–H and O–H groups in total. The Kier molecular flexibility index (Phi) is 10.4. The van der Waals surface area contributed by atoms with Crippen LogP contribution in [0.5, 0.6) is 23.0 Å². The van der Waals surface area contributed by atoms with E-state index in [1.807, 2.05) is 0 Å². The molecule has 0 unspecified atom stereocenters. The molecule has 0 aliphatic carbocycles. The van der Waals surface area contributed by atoms with Crippen molar-refractivity contribution in [3.8, 4) is 23.0 Å². The predicted octanol–water partition coefficient (Wildman–Crippen LogP) is 5.25. The van der Waals surface area contributed by atoms with E-state index < -0.39 is 23.8 Å². The second-order valence-electron chi connectivity index (χ2n) is 9.09. The largest absolute Gasteiger partial charge is 0.493 e. The maximum absolute atomic E-state index is 12.8. The van der Waals surface area contributed by atoms with Crippen LogP contribution in [0.3, 0.4) is 0 Å². The summed E-state index contributed by atoms with van der Waals surface area (Å²) in [5.41, 5.74) is 4.32. The molecule has 11 heteroatoms. The fourth-order valence-electron chi connectivity index (χ4n) is 3.91. The number of esters is 2. The van der Waals surface area contributed by atoms with Crippen molar-refractivity contribution in [1.29, 1.82) is 0 Å². The number of hydrogen-bond acceptors (Lipinski definition) is 9. The third kappa shape index (κ3) is 8.29. The van der Waals surface area contributed by atoms with Gasteiger partial charge < -0.3 is 24.3 Å². The van der Waals surface area contributed by atoms with Crippen LogP contribution in [-0.2, 0) is 4.79 Å². The number of hydrogen-bond donors (Lipinski definition) is 2. The zero-order valence-electron chi connectivity index (χ0n) is 24.2. The van der Waals surface area contributed by atoms with E-state index >= 15 is 0 Å². The molecule has 0 spiro atoms. The summed E-state index contributed by atoms with van der Waals surface area (Å²) < 4.78 is 21.4. The Morgan fingerprint density at radius 2 is 1.43 bits per heavy atom. The van der Waals surface area contributed by atoms with Crippen LogP contribution in [0, 0.1) is 0 Å². The molecule has 4 rings (SSSR count). The number of nitrogens with zero attached hydrogens (tertiary/aromatic N) is 1. The minimum atomic E-state index is -0.519. The molecule has 0 saturated carbocycles. The van der Waals surface area contributed by atoms with Gasteiger partial charge in [-0.05, 0) is 79.2 Å². The minimum Gasteiger partial charge on any atom is -0.493 e. The van der Waals surface area contributed by atoms with Crippen molar-refractivity contribution in [3.05, 3.63) is 113 Å². The molecule has 0 bridgehead atoms. The Labute approximate surface area is 253 Å². The number of amides is 2. The summed E-state index contributed by atoms with van der Waals surface area (Å²) in [6, 6.07) is 24.2. The van der Waals surface area contributed by atoms with Crippen molar-refractivity contribution >= 4 is 35.7 Å². The molecule has 0 aliphatic heterocycles. The molecular formula is C33H29N3O8. The standard InChI is InChI=1S/C33H29N3O8/c1-4-42-30-17-22(13-15-28(30)44-33(40)23-9-6-5-7-10-23)20-34-36-32(39)24-11-8-12-26(18-24)35-31(38)25-14-16-27(43-21(2)37)29(19-25)41-3/h5-20H,4H2,1-3H3,(H,35,38)(H,36,39). The second-order valence-corrected chi connectivity index (χ2v) is 9.09. The average Bonchev–Trinajstić information content (AvgIpc) is 3.02. The number of methoxy groups -OCH3 is 1. The summed E-state index contributed by atoms with van der Waals surface area (Å²) in [5.74, 6) is -1.01. The summed E-state index contributed by atoms with van der Waals surface area (Å²) in [6.45, 7) is 3.41. The van der Waals surface area contributed by atoms with Gasteiger partial charge in [0.1, 0.15) is 0 Å². The number of ether oxygens (including phenoxy) is 4. The lowest BCUT2D eigenvalue weighted by Gasteiger charge is -2.11. The second kappa shape index (κ2) is 14.8. The van der Waals surface area contributed by atoms with Crippen molar-refractivity contribution < 1.29 is 38.1 Å². The van der Waals surface area contributed by atoms with Crippen molar-refractivity contribution in [2.75, 3.05) is 19.0 Å². The summed E-state index contributed by atoms with van der Waals surface area (Å²) in [5, 5.41) is 6.74. The van der Waals surface area contributed by atoms with Gasteiger partial charge in [0.2, 0.25) is 0 Å². The van der Waals surface area contributed by atoms with Crippen molar-refractivity contribution in [2.24, 2.45) is 5.10 Å². The molecule has 0 saturated heterocycles. The Bertz CT molecular complexity index is 1700. The SMILES string of the molecule is CCOc1cc(C=NNC(=O)c2cccc(NC(=O)c3ccc(OC(C)=O)c(OC)c3)c2)ccc1OC(=O)c1ccccc1. The first kappa shape index (κ1) is 31.0. The first-order chi connectivity index (χ1) is 21.3. The van der Waals surface area contributed by atoms with E-state index in [0.717, 1.165) is 0 Å². The third-order valence-corrected chi connectivity index (χ3v) is 5.92. The molecule has 0 aliphatic rings. The topological polar surface area (TPSA) is 142 Å². The molecule has 0 atom stereocenters. The Morgan fingerprint density at radius 3 is 2.16 bits per heavy atom. The van der Waals surface area contributed by atoms with E-state index in [1.54, 1.807) is 73.7 Å². The lowest BCUT2D eigenvalue weighted by Crippen LogP contribution is -2.18. The van der Waals surface area contributed by atoms with Gasteiger partial charge in [0.25, 0.3) is 11.8 Å². The zero-order valence-corrected chi connectivity index (χ0v) is 24.2. The van der Waals surface area contributed by atoms with Gasteiger partial charge in [-0.25, -0.2) is 10.2 Å². The zero-order chi connectivity index (χ0) is 31.5. The Morgan fingerprint density at radius 1 is 0.727 bits per heavy atom. The lowest BCUT2D eigenvalue weighted by atomic mass is 10.1. The molecular weight excluding hydrogens is 566 g/mol. The van der Waals surface area contributed by atoms with Gasteiger partial charge in [0.05, 0.1) is 25.5 Å². The van der Waals surface area contributed by atoms with Crippen LogP contribution in [0.15, 0.2) is 96.1 Å². The number of rotatable bonds is 11. The normalized spacial score (nSPS) is 10.5. The summed E-state index contributed by atoms with van der Waals surface area (Å²) in [6.07, 6.45) is 1.42. The number of carbonyl (C=O) groups excluding carboxylic acids is 4. The van der Waals surface area contributed by atoms with E-state index in [0.29, 0.717) is 29.2 Å². The molecule has 224 valence electrons. The van der Waals surface area contributed by atoms with Gasteiger partial charge in [-0.3, -0.25) is 14.4 Å². The quantitative estimate of drug-likeness (QED) is 0.104. The summed E-state index contributed by atoms with van der Waals surface area (Å²) in [7, 11) is 1.39. The van der Waals surface area contributed by atoms with Crippen molar-refractivity contribution in [2.45, 2.75) is 13.8 Å². The highest BCUT2D eigenvalue weighted by Crippen LogP contribution is 2.30.